The number of rotatable bonds is 3. The molecule has 0 aliphatic carbocycles. The van der Waals surface area contributed by atoms with Crippen LogP contribution in [0.2, 0.25) is 0 Å². The fourth-order valence-corrected chi connectivity index (χ4v) is 3.27. The Morgan fingerprint density at radius 3 is 2.68 bits per heavy atom. The molecule has 0 radical (unpaired) electrons. The Morgan fingerprint density at radius 2 is 2.00 bits per heavy atom. The summed E-state index contributed by atoms with van der Waals surface area (Å²) in [5, 5.41) is 0. The predicted octanol–water partition coefficient (Wildman–Crippen LogP) is 2.54. The molecule has 1 aromatic heterocycles. The zero-order valence-electron chi connectivity index (χ0n) is 13.2. The van der Waals surface area contributed by atoms with Crippen LogP contribution in [0.5, 0.6) is 0 Å². The minimum absolute atomic E-state index is 0.0482. The van der Waals surface area contributed by atoms with E-state index >= 15 is 0 Å². The Balaban J connectivity index is 1.77. The summed E-state index contributed by atoms with van der Waals surface area (Å²) >= 11 is 0. The average Bonchev–Trinajstić information content (AvgIpc) is 2.89. The van der Waals surface area contributed by atoms with Crippen molar-refractivity contribution in [2.75, 3.05) is 13.1 Å². The van der Waals surface area contributed by atoms with Gasteiger partial charge in [0.1, 0.15) is 0 Å². The van der Waals surface area contributed by atoms with Crippen LogP contribution in [-0.4, -0.2) is 33.4 Å². The lowest BCUT2D eigenvalue weighted by molar-refractivity contribution is -0.136. The van der Waals surface area contributed by atoms with Crippen molar-refractivity contribution < 1.29 is 4.79 Å². The molecule has 2 heterocycles. The molecule has 0 spiro atoms. The third-order valence-corrected chi connectivity index (χ3v) is 4.80. The molecule has 5 heteroatoms. The number of imidazole rings is 1. The number of aromatic amines is 1. The smallest absolute Gasteiger partial charge is 0.326 e. The highest BCUT2D eigenvalue weighted by molar-refractivity contribution is 5.78. The van der Waals surface area contributed by atoms with Gasteiger partial charge < -0.3 is 9.88 Å². The first-order chi connectivity index (χ1) is 10.6. The van der Waals surface area contributed by atoms with Crippen LogP contribution in [0.4, 0.5) is 0 Å². The lowest BCUT2D eigenvalue weighted by Crippen LogP contribution is -2.42. The van der Waals surface area contributed by atoms with Gasteiger partial charge in [-0.1, -0.05) is 26.0 Å². The van der Waals surface area contributed by atoms with E-state index in [4.69, 9.17) is 0 Å². The quantitative estimate of drug-likeness (QED) is 0.947. The van der Waals surface area contributed by atoms with E-state index in [1.807, 2.05) is 47.6 Å². The van der Waals surface area contributed by atoms with E-state index in [0.29, 0.717) is 0 Å². The summed E-state index contributed by atoms with van der Waals surface area (Å²) in [7, 11) is 0. The van der Waals surface area contributed by atoms with Gasteiger partial charge in [-0.15, -0.1) is 0 Å². The van der Waals surface area contributed by atoms with Crippen molar-refractivity contribution in [2.24, 2.45) is 5.92 Å². The molecular formula is C17H23N3O2. The number of benzene rings is 1. The van der Waals surface area contributed by atoms with E-state index in [-0.39, 0.29) is 23.6 Å². The minimum Gasteiger partial charge on any atom is -0.342 e. The highest BCUT2D eigenvalue weighted by Gasteiger charge is 2.27. The lowest BCUT2D eigenvalue weighted by Gasteiger charge is -2.34. The maximum absolute atomic E-state index is 12.3. The fraction of sp³-hybridized carbons (Fsp3) is 0.529. The van der Waals surface area contributed by atoms with Crippen LogP contribution in [0, 0.1) is 5.92 Å². The maximum Gasteiger partial charge on any atom is 0.326 e. The number of fused-ring (bicyclic) bond motifs is 1. The Labute approximate surface area is 129 Å². The van der Waals surface area contributed by atoms with Gasteiger partial charge in [-0.05, 0) is 31.4 Å². The van der Waals surface area contributed by atoms with Gasteiger partial charge in [-0.3, -0.25) is 9.36 Å². The second-order valence-electron chi connectivity index (χ2n) is 6.18. The van der Waals surface area contributed by atoms with Gasteiger partial charge in [0, 0.05) is 25.0 Å². The van der Waals surface area contributed by atoms with Crippen molar-refractivity contribution in [3.63, 3.8) is 0 Å². The van der Waals surface area contributed by atoms with Crippen molar-refractivity contribution in [2.45, 2.75) is 39.2 Å². The molecule has 1 aliphatic heterocycles. The SMILES string of the molecule is CCC(C)C(=O)N1CCC(n2c(=O)[nH]c3ccccc32)CC1. The number of carbonyl (C=O) groups excluding carboxylic acids is 1. The lowest BCUT2D eigenvalue weighted by atomic mass is 10.0. The summed E-state index contributed by atoms with van der Waals surface area (Å²) in [5.74, 6) is 0.333. The van der Waals surface area contributed by atoms with Crippen molar-refractivity contribution in [1.82, 2.24) is 14.5 Å². The molecule has 1 aromatic carbocycles. The molecule has 1 aliphatic rings. The first-order valence-electron chi connectivity index (χ1n) is 8.09. The number of nitrogens with zero attached hydrogens (tertiary/aromatic N) is 2. The zero-order valence-corrected chi connectivity index (χ0v) is 13.2. The van der Waals surface area contributed by atoms with Crippen LogP contribution in [0.1, 0.15) is 39.2 Å². The summed E-state index contributed by atoms with van der Waals surface area (Å²) in [6.07, 6.45) is 2.55. The second kappa shape index (κ2) is 5.99. The van der Waals surface area contributed by atoms with Gasteiger partial charge in [0.25, 0.3) is 0 Å². The molecule has 1 atom stereocenters. The molecular weight excluding hydrogens is 278 g/mol. The van der Waals surface area contributed by atoms with Gasteiger partial charge >= 0.3 is 5.69 Å². The van der Waals surface area contributed by atoms with Crippen LogP contribution in [0.25, 0.3) is 11.0 Å². The van der Waals surface area contributed by atoms with Crippen molar-refractivity contribution in [3.05, 3.63) is 34.7 Å². The molecule has 3 rings (SSSR count). The minimum atomic E-state index is -0.0482. The normalized spacial score (nSPS) is 17.8. The van der Waals surface area contributed by atoms with Gasteiger partial charge in [-0.2, -0.15) is 0 Å². The van der Waals surface area contributed by atoms with Crippen LogP contribution < -0.4 is 5.69 Å². The molecule has 0 saturated carbocycles. The molecule has 118 valence electrons. The molecule has 1 N–H and O–H groups in total. The molecule has 2 aromatic rings. The highest BCUT2D eigenvalue weighted by Crippen LogP contribution is 2.25. The number of piperidine rings is 1. The molecule has 5 nitrogen and oxygen atoms in total. The van der Waals surface area contributed by atoms with E-state index in [0.717, 1.165) is 43.4 Å². The van der Waals surface area contributed by atoms with Gasteiger partial charge in [-0.25, -0.2) is 4.79 Å². The number of nitrogens with one attached hydrogen (secondary N) is 1. The number of H-pyrrole nitrogens is 1. The Morgan fingerprint density at radius 1 is 1.32 bits per heavy atom. The maximum atomic E-state index is 12.3. The molecule has 1 amide bonds. The first kappa shape index (κ1) is 14.9. The Kier molecular flexibility index (Phi) is 4.05. The van der Waals surface area contributed by atoms with E-state index < -0.39 is 0 Å². The number of likely N-dealkylation sites (tertiary alicyclic amines) is 1. The summed E-state index contributed by atoms with van der Waals surface area (Å²) in [4.78, 5) is 29.3. The summed E-state index contributed by atoms with van der Waals surface area (Å²) in [5.41, 5.74) is 1.79. The van der Waals surface area contributed by atoms with Gasteiger partial charge in [0.15, 0.2) is 0 Å². The zero-order chi connectivity index (χ0) is 15.7. The number of aromatic nitrogens is 2. The van der Waals surface area contributed by atoms with Crippen LogP contribution in [0.15, 0.2) is 29.1 Å². The summed E-state index contributed by atoms with van der Waals surface area (Å²) < 4.78 is 1.86. The number of para-hydroxylation sites is 2. The third-order valence-electron chi connectivity index (χ3n) is 4.80. The standard InChI is InChI=1S/C17H23N3O2/c1-3-12(2)16(21)19-10-8-13(9-11-19)20-15-7-5-4-6-14(15)18-17(20)22/h4-7,12-13H,3,8-11H2,1-2H3,(H,18,22). The second-order valence-corrected chi connectivity index (χ2v) is 6.18. The van der Waals surface area contributed by atoms with Crippen molar-refractivity contribution >= 4 is 16.9 Å². The number of amides is 1. The summed E-state index contributed by atoms with van der Waals surface area (Å²) in [6.45, 7) is 5.50. The number of hydrogen-bond donors (Lipinski definition) is 1. The topological polar surface area (TPSA) is 58.1 Å². The van der Waals surface area contributed by atoms with E-state index in [1.165, 1.54) is 0 Å². The molecule has 22 heavy (non-hydrogen) atoms. The highest BCUT2D eigenvalue weighted by atomic mass is 16.2. The Bertz CT molecular complexity index is 723. The number of carbonyl (C=O) groups is 1. The van der Waals surface area contributed by atoms with Crippen molar-refractivity contribution in [3.8, 4) is 0 Å². The molecule has 0 bridgehead atoms. The summed E-state index contributed by atoms with van der Waals surface area (Å²) in [6, 6.07) is 7.95. The largest absolute Gasteiger partial charge is 0.342 e. The first-order valence-corrected chi connectivity index (χ1v) is 8.09. The van der Waals surface area contributed by atoms with Crippen molar-refractivity contribution in [1.29, 1.82) is 0 Å². The van der Waals surface area contributed by atoms with Crippen LogP contribution >= 0.6 is 0 Å². The van der Waals surface area contributed by atoms with E-state index in [2.05, 4.69) is 4.98 Å². The van der Waals surface area contributed by atoms with E-state index in [9.17, 15) is 9.59 Å². The fourth-order valence-electron chi connectivity index (χ4n) is 3.27. The third kappa shape index (κ3) is 2.56. The van der Waals surface area contributed by atoms with E-state index in [1.54, 1.807) is 0 Å². The molecule has 1 unspecified atom stereocenters. The van der Waals surface area contributed by atoms with Crippen LogP contribution in [-0.2, 0) is 4.79 Å². The molecule has 1 fully saturated rings. The monoisotopic (exact) mass is 301 g/mol. The number of hydrogen-bond acceptors (Lipinski definition) is 2. The van der Waals surface area contributed by atoms with Gasteiger partial charge in [0.2, 0.25) is 5.91 Å². The Hall–Kier alpha value is -2.04. The van der Waals surface area contributed by atoms with Crippen LogP contribution in [0.3, 0.4) is 0 Å². The van der Waals surface area contributed by atoms with Gasteiger partial charge in [0.05, 0.1) is 11.0 Å². The predicted molar refractivity (Wildman–Crippen MR) is 86.9 cm³/mol. The molecule has 1 saturated heterocycles. The average molecular weight is 301 g/mol.